The van der Waals surface area contributed by atoms with Crippen molar-refractivity contribution in [3.8, 4) is 0 Å². The predicted molar refractivity (Wildman–Crippen MR) is 96.7 cm³/mol. The van der Waals surface area contributed by atoms with Gasteiger partial charge in [-0.15, -0.1) is 0 Å². The van der Waals surface area contributed by atoms with E-state index in [0.717, 1.165) is 18.6 Å². The zero-order valence-electron chi connectivity index (χ0n) is 15.6. The molecule has 0 spiro atoms. The number of carbonyl (C=O) groups excluding carboxylic acids is 2. The maximum Gasteiger partial charge on any atom is 0.169 e. The van der Waals surface area contributed by atoms with Crippen molar-refractivity contribution in [2.24, 2.45) is 0 Å². The van der Waals surface area contributed by atoms with Crippen LogP contribution in [0.2, 0.25) is 0 Å². The maximum atomic E-state index is 13.3. The Balaban J connectivity index is 0.000000161. The molecule has 0 saturated heterocycles. The number of Topliss-reactive ketones (excluding diaryl/α,β-unsaturated/α-hetero) is 2. The van der Waals surface area contributed by atoms with Gasteiger partial charge >= 0.3 is 0 Å². The SMILES string of the molecule is CC1CCC(=O)c2c(F)cc(F)cc21.CC1CCC(=O)c2c1ccc(F)c2F. The molecule has 4 rings (SSSR count). The standard InChI is InChI=1S/2C11H10F2O/c1-6-2-5-9(14)10-7(6)3-4-8(12)11(10)13;1-6-2-3-10(14)11-8(6)4-7(12)5-9(11)13/h3-4,6H,2,5H2,1H3;4-6H,2-3H2,1H3. The van der Waals surface area contributed by atoms with E-state index in [9.17, 15) is 27.2 Å². The molecule has 28 heavy (non-hydrogen) atoms. The summed E-state index contributed by atoms with van der Waals surface area (Å²) in [6.45, 7) is 3.80. The van der Waals surface area contributed by atoms with Crippen LogP contribution in [0, 0.1) is 23.3 Å². The molecule has 2 nitrogen and oxygen atoms in total. The van der Waals surface area contributed by atoms with E-state index in [-0.39, 0.29) is 34.5 Å². The van der Waals surface area contributed by atoms with Crippen molar-refractivity contribution in [1.82, 2.24) is 0 Å². The summed E-state index contributed by atoms with van der Waals surface area (Å²) in [7, 11) is 0. The van der Waals surface area contributed by atoms with Gasteiger partial charge in [-0.05, 0) is 47.9 Å². The second kappa shape index (κ2) is 7.86. The summed E-state index contributed by atoms with van der Waals surface area (Å²) >= 11 is 0. The van der Waals surface area contributed by atoms with E-state index in [1.54, 1.807) is 0 Å². The van der Waals surface area contributed by atoms with Gasteiger partial charge in [-0.25, -0.2) is 17.6 Å². The molecule has 2 atom stereocenters. The molecular weight excluding hydrogens is 372 g/mol. The van der Waals surface area contributed by atoms with Crippen LogP contribution in [0.3, 0.4) is 0 Å². The first-order chi connectivity index (χ1) is 13.2. The summed E-state index contributed by atoms with van der Waals surface area (Å²) in [6, 6.07) is 4.63. The van der Waals surface area contributed by atoms with Crippen molar-refractivity contribution in [3.63, 3.8) is 0 Å². The van der Waals surface area contributed by atoms with Crippen molar-refractivity contribution in [1.29, 1.82) is 0 Å². The van der Waals surface area contributed by atoms with Crippen LogP contribution < -0.4 is 0 Å². The Hall–Kier alpha value is -2.50. The Labute approximate surface area is 160 Å². The number of benzene rings is 2. The van der Waals surface area contributed by atoms with Crippen LogP contribution in [0.25, 0.3) is 0 Å². The molecule has 2 aromatic rings. The van der Waals surface area contributed by atoms with Gasteiger partial charge in [0.05, 0.1) is 11.1 Å². The minimum absolute atomic E-state index is 0.0382. The number of carbonyl (C=O) groups is 2. The number of hydrogen-bond donors (Lipinski definition) is 0. The summed E-state index contributed by atoms with van der Waals surface area (Å²) < 4.78 is 52.4. The number of halogens is 4. The lowest BCUT2D eigenvalue weighted by atomic mass is 9.83. The molecule has 2 aliphatic carbocycles. The van der Waals surface area contributed by atoms with Crippen molar-refractivity contribution in [2.45, 2.75) is 51.4 Å². The Bertz CT molecular complexity index is 952. The van der Waals surface area contributed by atoms with Gasteiger partial charge in [-0.3, -0.25) is 9.59 Å². The number of hydrogen-bond acceptors (Lipinski definition) is 2. The molecular formula is C22H20F4O2. The van der Waals surface area contributed by atoms with Gasteiger partial charge in [-0.1, -0.05) is 19.9 Å². The fraction of sp³-hybridized carbons (Fsp3) is 0.364. The largest absolute Gasteiger partial charge is 0.294 e. The molecule has 6 heteroatoms. The van der Waals surface area contributed by atoms with E-state index in [2.05, 4.69) is 0 Å². The van der Waals surface area contributed by atoms with E-state index in [1.165, 1.54) is 12.1 Å². The summed E-state index contributed by atoms with van der Waals surface area (Å²) in [4.78, 5) is 22.8. The lowest BCUT2D eigenvalue weighted by molar-refractivity contribution is 0.0954. The molecule has 0 N–H and O–H groups in total. The topological polar surface area (TPSA) is 34.1 Å². The summed E-state index contributed by atoms with van der Waals surface area (Å²) in [5, 5.41) is 0. The molecule has 2 unspecified atom stereocenters. The molecule has 0 bridgehead atoms. The molecule has 0 saturated carbocycles. The smallest absolute Gasteiger partial charge is 0.169 e. The Morgan fingerprint density at radius 2 is 1.32 bits per heavy atom. The minimum Gasteiger partial charge on any atom is -0.294 e. The van der Waals surface area contributed by atoms with Crippen LogP contribution >= 0.6 is 0 Å². The fourth-order valence-corrected chi connectivity index (χ4v) is 3.79. The molecule has 0 fully saturated rings. The third-order valence-corrected chi connectivity index (χ3v) is 5.44. The van der Waals surface area contributed by atoms with E-state index < -0.39 is 23.3 Å². The number of ketones is 2. The highest BCUT2D eigenvalue weighted by molar-refractivity contribution is 5.99. The molecule has 0 amide bonds. The zero-order chi connectivity index (χ0) is 20.6. The molecule has 0 heterocycles. The van der Waals surface area contributed by atoms with Gasteiger partial charge in [0.25, 0.3) is 0 Å². The third kappa shape index (κ3) is 3.73. The average molecular weight is 392 g/mol. The third-order valence-electron chi connectivity index (χ3n) is 5.44. The maximum absolute atomic E-state index is 13.3. The number of fused-ring (bicyclic) bond motifs is 2. The highest BCUT2D eigenvalue weighted by Crippen LogP contribution is 2.34. The van der Waals surface area contributed by atoms with E-state index in [0.29, 0.717) is 30.4 Å². The van der Waals surface area contributed by atoms with Gasteiger partial charge in [-0.2, -0.15) is 0 Å². The van der Waals surface area contributed by atoms with Crippen LogP contribution in [0.4, 0.5) is 17.6 Å². The van der Waals surface area contributed by atoms with E-state index in [1.807, 2.05) is 13.8 Å². The van der Waals surface area contributed by atoms with Crippen LogP contribution in [0.1, 0.15) is 83.2 Å². The molecule has 148 valence electrons. The summed E-state index contributed by atoms with van der Waals surface area (Å²) in [5.41, 5.74) is 1.20. The van der Waals surface area contributed by atoms with Crippen molar-refractivity contribution in [2.75, 3.05) is 0 Å². The Kier molecular flexibility index (Phi) is 5.68. The predicted octanol–water partition coefficient (Wildman–Crippen LogP) is 6.09. The van der Waals surface area contributed by atoms with Crippen molar-refractivity contribution >= 4 is 11.6 Å². The minimum atomic E-state index is -0.987. The first-order valence-electron chi connectivity index (χ1n) is 9.24. The highest BCUT2D eigenvalue weighted by atomic mass is 19.2. The molecule has 0 aromatic heterocycles. The molecule has 0 aliphatic heterocycles. The van der Waals surface area contributed by atoms with Crippen LogP contribution in [-0.4, -0.2) is 11.6 Å². The van der Waals surface area contributed by atoms with Gasteiger partial charge < -0.3 is 0 Å². The average Bonchev–Trinajstić information content (AvgIpc) is 2.64. The monoisotopic (exact) mass is 392 g/mol. The van der Waals surface area contributed by atoms with Crippen LogP contribution in [0.15, 0.2) is 24.3 Å². The highest BCUT2D eigenvalue weighted by Gasteiger charge is 2.28. The van der Waals surface area contributed by atoms with Gasteiger partial charge in [0.2, 0.25) is 0 Å². The molecule has 0 radical (unpaired) electrons. The van der Waals surface area contributed by atoms with Crippen molar-refractivity contribution < 1.29 is 27.2 Å². The van der Waals surface area contributed by atoms with Gasteiger partial charge in [0.15, 0.2) is 23.2 Å². The lowest BCUT2D eigenvalue weighted by Gasteiger charge is -2.21. The van der Waals surface area contributed by atoms with Crippen molar-refractivity contribution in [3.05, 3.63) is 69.8 Å². The summed E-state index contributed by atoms with van der Waals surface area (Å²) in [6.07, 6.45) is 2.07. The van der Waals surface area contributed by atoms with Crippen LogP contribution in [-0.2, 0) is 0 Å². The second-order valence-electron chi connectivity index (χ2n) is 7.40. The Morgan fingerprint density at radius 1 is 0.750 bits per heavy atom. The van der Waals surface area contributed by atoms with Gasteiger partial charge in [0, 0.05) is 18.9 Å². The normalized spacial score (nSPS) is 20.8. The number of rotatable bonds is 0. The molecule has 2 aromatic carbocycles. The first kappa shape index (κ1) is 20.2. The Morgan fingerprint density at radius 3 is 1.96 bits per heavy atom. The quantitative estimate of drug-likeness (QED) is 0.509. The lowest BCUT2D eigenvalue weighted by Crippen LogP contribution is -2.16. The van der Waals surface area contributed by atoms with Gasteiger partial charge in [0.1, 0.15) is 11.6 Å². The molecule has 2 aliphatic rings. The van der Waals surface area contributed by atoms with E-state index >= 15 is 0 Å². The fourth-order valence-electron chi connectivity index (χ4n) is 3.79. The van der Waals surface area contributed by atoms with E-state index in [4.69, 9.17) is 0 Å². The summed E-state index contributed by atoms with van der Waals surface area (Å²) in [5.74, 6) is -3.55. The second-order valence-corrected chi connectivity index (χ2v) is 7.40. The zero-order valence-corrected chi connectivity index (χ0v) is 15.6. The first-order valence-corrected chi connectivity index (χ1v) is 9.24. The van der Waals surface area contributed by atoms with Crippen LogP contribution in [0.5, 0.6) is 0 Å².